The second kappa shape index (κ2) is 9.76. The van der Waals surface area contributed by atoms with E-state index in [4.69, 9.17) is 15.9 Å². The molecule has 1 amide bonds. The Kier molecular flexibility index (Phi) is 8.04. The molecule has 0 spiro atoms. The van der Waals surface area contributed by atoms with Crippen molar-refractivity contribution in [2.24, 2.45) is 16.5 Å². The summed E-state index contributed by atoms with van der Waals surface area (Å²) in [4.78, 5) is 24.5. The summed E-state index contributed by atoms with van der Waals surface area (Å²) in [6, 6.07) is 8.74. The fraction of sp³-hybridized carbons (Fsp3) is 0.0667. The van der Waals surface area contributed by atoms with Crippen molar-refractivity contribution >= 4 is 53.1 Å². The van der Waals surface area contributed by atoms with Crippen LogP contribution in [-0.4, -0.2) is 21.8 Å². The van der Waals surface area contributed by atoms with Gasteiger partial charge < -0.3 is 21.2 Å². The van der Waals surface area contributed by atoms with Gasteiger partial charge in [0.1, 0.15) is 5.69 Å². The summed E-state index contributed by atoms with van der Waals surface area (Å²) in [7, 11) is 0. The highest BCUT2D eigenvalue weighted by atomic mass is 35.5. The van der Waals surface area contributed by atoms with E-state index in [0.717, 1.165) is 0 Å². The van der Waals surface area contributed by atoms with Gasteiger partial charge in [0.05, 0.1) is 24.2 Å². The monoisotopic (exact) mass is 414 g/mol. The van der Waals surface area contributed by atoms with Crippen LogP contribution in [0.15, 0.2) is 51.4 Å². The minimum atomic E-state index is -0.295. The highest BCUT2D eigenvalue weighted by molar-refractivity contribution is 7.13. The lowest BCUT2D eigenvalue weighted by molar-refractivity contribution is 0.0922. The number of hydrogen-bond donors (Lipinski definition) is 3. The third-order valence-corrected chi connectivity index (χ3v) is 3.70. The molecule has 8 nitrogen and oxygen atoms in total. The number of nitrogens with zero attached hydrogens (tertiary/aromatic N) is 3. The minimum absolute atomic E-state index is 0. The van der Waals surface area contributed by atoms with Gasteiger partial charge in [-0.1, -0.05) is 6.07 Å². The number of aliphatic imine (C=N–C) groups is 1. The lowest BCUT2D eigenvalue weighted by atomic mass is 10.2. The molecule has 0 radical (unpaired) electrons. The van der Waals surface area contributed by atoms with Crippen molar-refractivity contribution in [1.29, 1.82) is 0 Å². The quantitative estimate of drug-likeness (QED) is 0.433. The zero-order valence-corrected chi connectivity index (χ0v) is 15.7. The lowest BCUT2D eigenvalue weighted by Crippen LogP contribution is -2.22. The third-order valence-electron chi connectivity index (χ3n) is 2.96. The normalized spacial score (nSPS) is 9.54. The number of nitrogens with one attached hydrogen (secondary N) is 1. The number of carbonyl (C=O) groups is 1. The lowest BCUT2D eigenvalue weighted by Gasteiger charge is -2.04. The van der Waals surface area contributed by atoms with Crippen LogP contribution in [0.2, 0.25) is 0 Å². The molecule has 0 bridgehead atoms. The van der Waals surface area contributed by atoms with Gasteiger partial charge in [0.15, 0.2) is 11.7 Å². The molecule has 3 aromatic rings. The summed E-state index contributed by atoms with van der Waals surface area (Å²) >= 11 is 1.31. The summed E-state index contributed by atoms with van der Waals surface area (Å²) in [6.07, 6.45) is 1.45. The molecule has 0 aliphatic carbocycles. The van der Waals surface area contributed by atoms with Gasteiger partial charge in [-0.25, -0.2) is 9.97 Å². The van der Waals surface area contributed by atoms with E-state index < -0.39 is 0 Å². The molecule has 0 saturated heterocycles. The fourth-order valence-corrected chi connectivity index (χ4v) is 2.63. The van der Waals surface area contributed by atoms with Crippen molar-refractivity contribution in [3.8, 4) is 11.4 Å². The molecule has 0 unspecified atom stereocenters. The number of carbonyl (C=O) groups excluding carboxylic acids is 1. The molecule has 138 valence electrons. The zero-order valence-electron chi connectivity index (χ0n) is 13.3. The van der Waals surface area contributed by atoms with Crippen LogP contribution in [0, 0.1) is 0 Å². The van der Waals surface area contributed by atoms with Gasteiger partial charge >= 0.3 is 0 Å². The van der Waals surface area contributed by atoms with E-state index >= 15 is 0 Å². The Morgan fingerprint density at radius 1 is 1.15 bits per heavy atom. The van der Waals surface area contributed by atoms with Gasteiger partial charge in [-0.3, -0.25) is 4.79 Å². The highest BCUT2D eigenvalue weighted by Gasteiger charge is 2.10. The Labute approximate surface area is 165 Å². The number of amides is 1. The van der Waals surface area contributed by atoms with Gasteiger partial charge in [-0.05, 0) is 24.3 Å². The van der Waals surface area contributed by atoms with E-state index in [1.807, 2.05) is 23.6 Å². The number of pyridine rings is 1. The van der Waals surface area contributed by atoms with Crippen LogP contribution in [0.1, 0.15) is 16.2 Å². The highest BCUT2D eigenvalue weighted by Crippen LogP contribution is 2.25. The summed E-state index contributed by atoms with van der Waals surface area (Å²) in [5, 5.41) is 5.02. The van der Waals surface area contributed by atoms with Gasteiger partial charge in [-0.15, -0.1) is 36.2 Å². The van der Waals surface area contributed by atoms with E-state index in [0.29, 0.717) is 22.2 Å². The number of hydrogen-bond acceptors (Lipinski definition) is 6. The minimum Gasteiger partial charge on any atom is -0.459 e. The molecule has 0 saturated carbocycles. The molecule has 26 heavy (non-hydrogen) atoms. The second-order valence-corrected chi connectivity index (χ2v) is 5.56. The van der Waals surface area contributed by atoms with Crippen molar-refractivity contribution in [2.75, 3.05) is 0 Å². The first-order valence-corrected chi connectivity index (χ1v) is 7.83. The Morgan fingerprint density at radius 3 is 2.65 bits per heavy atom. The summed E-state index contributed by atoms with van der Waals surface area (Å²) in [5.74, 6) is -0.0818. The molecule has 0 aromatic carbocycles. The summed E-state index contributed by atoms with van der Waals surface area (Å²) < 4.78 is 5.04. The maximum atomic E-state index is 11.9. The molecule has 0 aliphatic rings. The number of halogens is 2. The first-order chi connectivity index (χ1) is 11.6. The SMILES string of the molecule is Cl.Cl.NC(N)=Nc1nc(-c2cccc(CNC(=O)c3ccco3)n2)cs1. The molecule has 0 aliphatic heterocycles. The van der Waals surface area contributed by atoms with Crippen LogP contribution in [-0.2, 0) is 6.54 Å². The average molecular weight is 415 g/mol. The molecular formula is C15H16Cl2N6O2S. The topological polar surface area (TPSA) is 132 Å². The summed E-state index contributed by atoms with van der Waals surface area (Å²) in [6.45, 7) is 0.276. The van der Waals surface area contributed by atoms with Crippen LogP contribution in [0.3, 0.4) is 0 Å². The standard InChI is InChI=1S/C15H14N6O2S.2ClH/c16-14(17)21-15-20-11(8-24-15)10-4-1-3-9(19-10)7-18-13(22)12-5-2-6-23-12;;/h1-6,8H,7H2,(H,18,22)(H4,16,17,20,21);2*1H. The van der Waals surface area contributed by atoms with Crippen LogP contribution in [0.5, 0.6) is 0 Å². The maximum Gasteiger partial charge on any atom is 0.287 e. The Bertz CT molecular complexity index is 878. The average Bonchev–Trinajstić information content (AvgIpc) is 3.24. The first-order valence-electron chi connectivity index (χ1n) is 6.95. The first kappa shape index (κ1) is 21.4. The second-order valence-electron chi connectivity index (χ2n) is 4.73. The van der Waals surface area contributed by atoms with E-state index in [1.54, 1.807) is 12.1 Å². The van der Waals surface area contributed by atoms with Crippen LogP contribution < -0.4 is 16.8 Å². The van der Waals surface area contributed by atoms with E-state index in [1.165, 1.54) is 17.6 Å². The molecule has 0 fully saturated rings. The third kappa shape index (κ3) is 5.45. The molecule has 3 rings (SSSR count). The fourth-order valence-electron chi connectivity index (χ4n) is 1.93. The Balaban J connectivity index is 0.00000169. The number of guanidine groups is 1. The van der Waals surface area contributed by atoms with Gasteiger partial charge in [0, 0.05) is 5.38 Å². The predicted molar refractivity (Wildman–Crippen MR) is 105 cm³/mol. The molecule has 3 aromatic heterocycles. The molecular weight excluding hydrogens is 399 g/mol. The maximum absolute atomic E-state index is 11.9. The molecule has 0 atom stereocenters. The van der Waals surface area contributed by atoms with Crippen molar-refractivity contribution in [3.63, 3.8) is 0 Å². The molecule has 5 N–H and O–H groups in total. The van der Waals surface area contributed by atoms with Gasteiger partial charge in [0.25, 0.3) is 5.91 Å². The van der Waals surface area contributed by atoms with E-state index in [2.05, 4.69) is 20.3 Å². The Hall–Kier alpha value is -2.62. The smallest absolute Gasteiger partial charge is 0.287 e. The van der Waals surface area contributed by atoms with Crippen LogP contribution in [0.4, 0.5) is 5.13 Å². The number of rotatable bonds is 5. The van der Waals surface area contributed by atoms with Crippen LogP contribution >= 0.6 is 36.2 Å². The Morgan fingerprint density at radius 2 is 1.96 bits per heavy atom. The number of nitrogens with two attached hydrogens (primary N) is 2. The van der Waals surface area contributed by atoms with E-state index in [9.17, 15) is 4.79 Å². The number of thiazole rings is 1. The van der Waals surface area contributed by atoms with Crippen molar-refractivity contribution in [1.82, 2.24) is 15.3 Å². The van der Waals surface area contributed by atoms with Crippen LogP contribution in [0.25, 0.3) is 11.4 Å². The predicted octanol–water partition coefficient (Wildman–Crippen LogP) is 2.48. The van der Waals surface area contributed by atoms with Crippen molar-refractivity contribution in [3.05, 3.63) is 53.4 Å². The van der Waals surface area contributed by atoms with Crippen molar-refractivity contribution < 1.29 is 9.21 Å². The van der Waals surface area contributed by atoms with Gasteiger partial charge in [-0.2, -0.15) is 4.99 Å². The van der Waals surface area contributed by atoms with Gasteiger partial charge in [0.2, 0.25) is 5.13 Å². The number of aromatic nitrogens is 2. The number of furan rings is 1. The summed E-state index contributed by atoms with van der Waals surface area (Å²) in [5.41, 5.74) is 12.7. The largest absolute Gasteiger partial charge is 0.459 e. The van der Waals surface area contributed by atoms with E-state index in [-0.39, 0.29) is 49.0 Å². The van der Waals surface area contributed by atoms with Crippen molar-refractivity contribution in [2.45, 2.75) is 6.54 Å². The molecule has 3 heterocycles. The molecule has 11 heteroatoms. The zero-order chi connectivity index (χ0) is 16.9.